The molecule has 0 unspecified atom stereocenters. The average molecular weight is 273 g/mol. The predicted molar refractivity (Wildman–Crippen MR) is 72.1 cm³/mol. The first-order valence-electron chi connectivity index (χ1n) is 5.24. The number of morpholine rings is 1. The molecule has 17 heavy (non-hydrogen) atoms. The number of nitrogens with two attached hydrogens (primary N) is 2. The molecule has 1 aliphatic heterocycles. The van der Waals surface area contributed by atoms with E-state index in [4.69, 9.17) is 16.2 Å². The molecule has 1 aromatic rings. The molecule has 5 nitrogen and oxygen atoms in total. The highest BCUT2D eigenvalue weighted by Gasteiger charge is 2.23. The monoisotopic (exact) mass is 273 g/mol. The number of ether oxygens (including phenoxy) is 1. The van der Waals surface area contributed by atoms with Crippen LogP contribution in [0.25, 0.3) is 0 Å². The number of amides is 1. The number of nitrogens with zero attached hydrogens (tertiary/aromatic N) is 1. The molecule has 0 atom stereocenters. The van der Waals surface area contributed by atoms with E-state index in [0.29, 0.717) is 23.8 Å². The van der Waals surface area contributed by atoms with Crippen molar-refractivity contribution in [3.8, 4) is 0 Å². The Labute approximate surface area is 108 Å². The fourth-order valence-electron chi connectivity index (χ4n) is 1.77. The molecule has 1 saturated heterocycles. The van der Waals surface area contributed by atoms with Crippen LogP contribution in [0.1, 0.15) is 9.67 Å². The minimum absolute atomic E-state index is 0.454. The van der Waals surface area contributed by atoms with Crippen molar-refractivity contribution in [3.63, 3.8) is 0 Å². The van der Waals surface area contributed by atoms with Gasteiger partial charge in [-0.05, 0) is 6.26 Å². The van der Waals surface area contributed by atoms with Gasteiger partial charge in [0.2, 0.25) is 0 Å². The molecule has 1 amide bonds. The molecule has 0 aliphatic carbocycles. The van der Waals surface area contributed by atoms with E-state index in [1.165, 1.54) is 11.3 Å². The zero-order valence-electron chi connectivity index (χ0n) is 9.56. The second-order valence-electron chi connectivity index (χ2n) is 3.65. The lowest BCUT2D eigenvalue weighted by atomic mass is 10.3. The third kappa shape index (κ3) is 2.36. The maximum atomic E-state index is 11.3. The molecule has 7 heteroatoms. The number of thioether (sulfide) groups is 1. The second kappa shape index (κ2) is 5.16. The maximum absolute atomic E-state index is 11.3. The summed E-state index contributed by atoms with van der Waals surface area (Å²) in [5.74, 6) is -0.456. The lowest BCUT2D eigenvalue weighted by Crippen LogP contribution is -2.35. The van der Waals surface area contributed by atoms with E-state index in [1.807, 2.05) is 6.26 Å². The zero-order chi connectivity index (χ0) is 12.4. The molecule has 94 valence electrons. The summed E-state index contributed by atoms with van der Waals surface area (Å²) in [6.45, 7) is 3.06. The van der Waals surface area contributed by atoms with Crippen molar-refractivity contribution >= 4 is 39.7 Å². The summed E-state index contributed by atoms with van der Waals surface area (Å²) in [5, 5.41) is 1.03. The van der Waals surface area contributed by atoms with E-state index in [9.17, 15) is 4.79 Å². The van der Waals surface area contributed by atoms with Crippen molar-refractivity contribution in [3.05, 3.63) is 4.88 Å². The Morgan fingerprint density at radius 2 is 2.12 bits per heavy atom. The highest BCUT2D eigenvalue weighted by molar-refractivity contribution is 7.99. The molecule has 2 rings (SSSR count). The molecule has 0 saturated carbocycles. The van der Waals surface area contributed by atoms with E-state index in [1.54, 1.807) is 11.8 Å². The Balaban J connectivity index is 2.38. The first-order chi connectivity index (χ1) is 8.15. The van der Waals surface area contributed by atoms with Crippen molar-refractivity contribution in [1.29, 1.82) is 0 Å². The summed E-state index contributed by atoms with van der Waals surface area (Å²) >= 11 is 2.92. The molecular weight excluding hydrogens is 258 g/mol. The van der Waals surface area contributed by atoms with Crippen LogP contribution in [-0.2, 0) is 4.74 Å². The van der Waals surface area contributed by atoms with Gasteiger partial charge in [-0.1, -0.05) is 0 Å². The molecule has 4 N–H and O–H groups in total. The number of primary amides is 1. The normalized spacial score (nSPS) is 16.2. The van der Waals surface area contributed by atoms with Crippen LogP contribution in [0, 0.1) is 0 Å². The summed E-state index contributed by atoms with van der Waals surface area (Å²) in [5.41, 5.74) is 11.8. The summed E-state index contributed by atoms with van der Waals surface area (Å²) in [4.78, 5) is 14.9. The second-order valence-corrected chi connectivity index (χ2v) is 5.46. The molecule has 0 bridgehead atoms. The van der Waals surface area contributed by atoms with Crippen molar-refractivity contribution < 1.29 is 9.53 Å². The van der Waals surface area contributed by atoms with Crippen molar-refractivity contribution in [2.75, 3.05) is 43.2 Å². The average Bonchev–Trinajstić information content (AvgIpc) is 2.67. The van der Waals surface area contributed by atoms with E-state index in [0.717, 1.165) is 23.0 Å². The van der Waals surface area contributed by atoms with Crippen LogP contribution in [0.5, 0.6) is 0 Å². The highest BCUT2D eigenvalue weighted by Crippen LogP contribution is 2.43. The van der Waals surface area contributed by atoms with Crippen LogP contribution in [0.3, 0.4) is 0 Å². The topological polar surface area (TPSA) is 81.6 Å². The number of carbonyl (C=O) groups excluding carboxylic acids is 1. The number of rotatable bonds is 3. The maximum Gasteiger partial charge on any atom is 0.261 e. The summed E-state index contributed by atoms with van der Waals surface area (Å²) in [6, 6.07) is 0. The zero-order valence-corrected chi connectivity index (χ0v) is 11.2. The Morgan fingerprint density at radius 3 is 2.65 bits per heavy atom. The van der Waals surface area contributed by atoms with Gasteiger partial charge in [0, 0.05) is 13.1 Å². The van der Waals surface area contributed by atoms with Gasteiger partial charge in [0.1, 0.15) is 9.88 Å². The Bertz CT molecular complexity index is 427. The quantitative estimate of drug-likeness (QED) is 0.803. The first kappa shape index (κ1) is 12.5. The molecular formula is C10H15N3O2S2. The fraction of sp³-hybridized carbons (Fsp3) is 0.500. The van der Waals surface area contributed by atoms with Crippen molar-refractivity contribution in [1.82, 2.24) is 0 Å². The van der Waals surface area contributed by atoms with Crippen LogP contribution in [0.2, 0.25) is 0 Å². The number of hydrogen-bond donors (Lipinski definition) is 2. The highest BCUT2D eigenvalue weighted by atomic mass is 32.2. The largest absolute Gasteiger partial charge is 0.396 e. The van der Waals surface area contributed by atoms with Gasteiger partial charge in [-0.3, -0.25) is 4.79 Å². The van der Waals surface area contributed by atoms with E-state index >= 15 is 0 Å². The van der Waals surface area contributed by atoms with Gasteiger partial charge >= 0.3 is 0 Å². The summed E-state index contributed by atoms with van der Waals surface area (Å²) < 4.78 is 5.31. The van der Waals surface area contributed by atoms with Crippen LogP contribution in [0.15, 0.2) is 4.90 Å². The minimum Gasteiger partial charge on any atom is -0.396 e. The number of nitrogen functional groups attached to an aromatic ring is 1. The van der Waals surface area contributed by atoms with Crippen molar-refractivity contribution in [2.45, 2.75) is 4.90 Å². The Kier molecular flexibility index (Phi) is 3.80. The van der Waals surface area contributed by atoms with Gasteiger partial charge in [-0.15, -0.1) is 23.1 Å². The molecule has 1 aromatic heterocycles. The van der Waals surface area contributed by atoms with Gasteiger partial charge < -0.3 is 21.1 Å². The van der Waals surface area contributed by atoms with Crippen LogP contribution < -0.4 is 16.4 Å². The van der Waals surface area contributed by atoms with Gasteiger partial charge in [0.05, 0.1) is 23.8 Å². The van der Waals surface area contributed by atoms with E-state index in [-0.39, 0.29) is 0 Å². The van der Waals surface area contributed by atoms with Crippen molar-refractivity contribution in [2.24, 2.45) is 5.73 Å². The SMILES string of the molecule is CSc1c(N2CCOCC2)sc(C(N)=O)c1N. The lowest BCUT2D eigenvalue weighted by Gasteiger charge is -2.28. The molecule has 0 aromatic carbocycles. The Hall–Kier alpha value is -0.920. The van der Waals surface area contributed by atoms with Crippen LogP contribution >= 0.6 is 23.1 Å². The number of anilines is 2. The Morgan fingerprint density at radius 1 is 1.47 bits per heavy atom. The third-order valence-electron chi connectivity index (χ3n) is 2.61. The van der Waals surface area contributed by atoms with E-state index in [2.05, 4.69) is 4.90 Å². The van der Waals surface area contributed by atoms with Gasteiger partial charge in [-0.25, -0.2) is 0 Å². The lowest BCUT2D eigenvalue weighted by molar-refractivity contribution is 0.100. The standard InChI is InChI=1S/C10H15N3O2S2/c1-16-8-6(11)7(9(12)14)17-10(8)13-2-4-15-5-3-13/h2-5,11H2,1H3,(H2,12,14). The molecule has 2 heterocycles. The molecule has 0 spiro atoms. The summed E-state index contributed by atoms with van der Waals surface area (Å²) in [6.07, 6.45) is 1.95. The summed E-state index contributed by atoms with van der Waals surface area (Å²) in [7, 11) is 0. The minimum atomic E-state index is -0.456. The van der Waals surface area contributed by atoms with Crippen LogP contribution in [0.4, 0.5) is 10.7 Å². The third-order valence-corrected chi connectivity index (χ3v) is 4.84. The van der Waals surface area contributed by atoms with Gasteiger partial charge in [-0.2, -0.15) is 0 Å². The first-order valence-corrected chi connectivity index (χ1v) is 7.28. The predicted octanol–water partition coefficient (Wildman–Crippen LogP) is 0.988. The smallest absolute Gasteiger partial charge is 0.261 e. The van der Waals surface area contributed by atoms with Crippen LogP contribution in [-0.4, -0.2) is 38.5 Å². The van der Waals surface area contributed by atoms with E-state index < -0.39 is 5.91 Å². The van der Waals surface area contributed by atoms with Gasteiger partial charge in [0.15, 0.2) is 0 Å². The molecule has 1 aliphatic rings. The number of hydrogen-bond acceptors (Lipinski definition) is 6. The molecule has 0 radical (unpaired) electrons. The number of thiophene rings is 1. The molecule has 1 fully saturated rings. The fourth-order valence-corrected chi connectivity index (χ4v) is 3.86. The number of carbonyl (C=O) groups is 1. The van der Waals surface area contributed by atoms with Gasteiger partial charge in [0.25, 0.3) is 5.91 Å².